The maximum Gasteiger partial charge on any atom is 0.395 e. The van der Waals surface area contributed by atoms with Crippen molar-refractivity contribution in [2.24, 2.45) is 4.52 Å². The van der Waals surface area contributed by atoms with E-state index in [1.54, 1.807) is 0 Å². The largest absolute Gasteiger partial charge is 0.395 e. The van der Waals surface area contributed by atoms with E-state index in [0.29, 0.717) is 0 Å². The summed E-state index contributed by atoms with van der Waals surface area (Å²) in [4.78, 5) is 0. The molecule has 0 aromatic heterocycles. The molecule has 0 aliphatic carbocycles. The summed E-state index contributed by atoms with van der Waals surface area (Å²) in [7, 11) is -5.49. The highest BCUT2D eigenvalue weighted by Gasteiger charge is 2.00. The lowest BCUT2D eigenvalue weighted by atomic mass is 11.8. The summed E-state index contributed by atoms with van der Waals surface area (Å²) in [6.07, 6.45) is 0. The van der Waals surface area contributed by atoms with Crippen LogP contribution >= 0.6 is 16.9 Å². The zero-order valence-electron chi connectivity index (χ0n) is 3.94. The van der Waals surface area contributed by atoms with Gasteiger partial charge in [-0.2, -0.15) is 17.1 Å². The Hall–Kier alpha value is 0.410. The van der Waals surface area contributed by atoms with Gasteiger partial charge in [0.15, 0.2) is 0 Å². The van der Waals surface area contributed by atoms with Gasteiger partial charge in [0.1, 0.15) is 0 Å². The molecule has 0 aliphatic rings. The highest BCUT2D eigenvalue weighted by Crippen LogP contribution is 2.48. The molecule has 8 heavy (non-hydrogen) atoms. The second-order valence-corrected chi connectivity index (χ2v) is 2.92. The Kier molecular flexibility index (Phi) is 4.53. The molecule has 7 heteroatoms. The van der Waals surface area contributed by atoms with Gasteiger partial charge in [0.2, 0.25) is 8.25 Å². The zero-order valence-corrected chi connectivity index (χ0v) is 5.83. The van der Waals surface area contributed by atoms with Crippen LogP contribution in [-0.4, -0.2) is 7.11 Å². The van der Waals surface area contributed by atoms with Gasteiger partial charge in [0.05, 0.1) is 0 Å². The molecule has 0 radical (unpaired) electrons. The van der Waals surface area contributed by atoms with E-state index < -0.39 is 16.9 Å². The average molecular weight is 165 g/mol. The molecule has 1 unspecified atom stereocenters. The van der Waals surface area contributed by atoms with Gasteiger partial charge in [-0.25, -0.2) is 0 Å². The number of rotatable bonds is 2. The Labute approximate surface area is 46.8 Å². The minimum Gasteiger partial charge on any atom is -0.326 e. The monoisotopic (exact) mass is 165 g/mol. The molecule has 2 nitrogen and oxygen atoms in total. The van der Waals surface area contributed by atoms with Crippen molar-refractivity contribution in [1.29, 1.82) is 0 Å². The predicted molar refractivity (Wildman–Crippen MR) is 28.0 cm³/mol. The molecule has 50 valence electrons. The summed E-state index contributed by atoms with van der Waals surface area (Å²) in [5.74, 6) is 0. The van der Waals surface area contributed by atoms with Crippen molar-refractivity contribution in [3.8, 4) is 0 Å². The van der Waals surface area contributed by atoms with E-state index in [1.807, 2.05) is 0 Å². The quantitative estimate of drug-likeness (QED) is 0.576. The van der Waals surface area contributed by atoms with Crippen LogP contribution in [-0.2, 0) is 4.52 Å². The average Bonchev–Trinajstić information content (AvgIpc) is 1.65. The molecule has 0 saturated heterocycles. The molecule has 0 amide bonds. The van der Waals surface area contributed by atoms with E-state index in [1.165, 1.54) is 0 Å². The summed E-state index contributed by atoms with van der Waals surface area (Å²) in [6, 6.07) is 0. The molecule has 0 aliphatic heterocycles. The van der Waals surface area contributed by atoms with E-state index in [9.17, 15) is 12.6 Å². The molecule has 0 saturated carbocycles. The van der Waals surface area contributed by atoms with Crippen molar-refractivity contribution in [3.05, 3.63) is 0 Å². The van der Waals surface area contributed by atoms with Crippen molar-refractivity contribution in [2.45, 2.75) is 0 Å². The Balaban J connectivity index is 3.56. The molecule has 0 aromatic carbocycles. The van der Waals surface area contributed by atoms with Gasteiger partial charge < -0.3 is 4.52 Å². The van der Waals surface area contributed by atoms with Crippen molar-refractivity contribution < 1.29 is 17.1 Å². The van der Waals surface area contributed by atoms with Gasteiger partial charge in [-0.05, 0) is 0 Å². The third-order valence-electron chi connectivity index (χ3n) is 0.323. The molecular formula is CH4F3NOP2. The summed E-state index contributed by atoms with van der Waals surface area (Å²) in [5.41, 5.74) is 0. The summed E-state index contributed by atoms with van der Waals surface area (Å²) >= 11 is 0. The number of hydrogen-bond donors (Lipinski definition) is 0. The normalized spacial score (nSPS) is 15.1. The minimum atomic E-state index is -3.48. The molecular weight excluding hydrogens is 161 g/mol. The third-order valence-corrected chi connectivity index (χ3v) is 1.89. The fraction of sp³-hybridized carbons (Fsp3) is 1.00. The Morgan fingerprint density at radius 1 is 1.62 bits per heavy atom. The van der Waals surface area contributed by atoms with Crippen LogP contribution in [0.4, 0.5) is 12.6 Å². The maximum atomic E-state index is 11.6. The SMILES string of the molecule is CO/[PH](F)=N/P(F)F. The molecule has 0 aromatic rings. The first-order valence-corrected chi connectivity index (χ1v) is 3.87. The lowest BCUT2D eigenvalue weighted by Crippen LogP contribution is -1.54. The Morgan fingerprint density at radius 3 is 2.25 bits per heavy atom. The van der Waals surface area contributed by atoms with Gasteiger partial charge in [-0.3, -0.25) is 0 Å². The summed E-state index contributed by atoms with van der Waals surface area (Å²) < 4.78 is 40.0. The Morgan fingerprint density at radius 2 is 2.12 bits per heavy atom. The number of hydrogen-bond acceptors (Lipinski definition) is 2. The van der Waals surface area contributed by atoms with Crippen molar-refractivity contribution in [1.82, 2.24) is 0 Å². The van der Waals surface area contributed by atoms with Crippen LogP contribution in [0.2, 0.25) is 0 Å². The summed E-state index contributed by atoms with van der Waals surface area (Å²) in [5, 5.41) is 0. The van der Waals surface area contributed by atoms with Gasteiger partial charge in [-0.1, -0.05) is 0 Å². The van der Waals surface area contributed by atoms with Crippen LogP contribution in [0.1, 0.15) is 0 Å². The number of halogens is 3. The van der Waals surface area contributed by atoms with Crippen LogP contribution < -0.4 is 0 Å². The van der Waals surface area contributed by atoms with E-state index in [2.05, 4.69) is 9.04 Å². The minimum absolute atomic E-state index is 1.01. The topological polar surface area (TPSA) is 21.6 Å². The molecule has 0 heterocycles. The first-order valence-electron chi connectivity index (χ1n) is 1.56. The second-order valence-electron chi connectivity index (χ2n) is 0.772. The molecule has 0 rings (SSSR count). The highest BCUT2D eigenvalue weighted by atomic mass is 31.2. The molecule has 1 atom stereocenters. The lowest BCUT2D eigenvalue weighted by molar-refractivity contribution is 0.440. The van der Waals surface area contributed by atoms with Gasteiger partial charge in [0.25, 0.3) is 0 Å². The van der Waals surface area contributed by atoms with Crippen LogP contribution in [0.15, 0.2) is 4.52 Å². The molecule has 0 N–H and O–H groups in total. The van der Waals surface area contributed by atoms with Crippen molar-refractivity contribution in [3.63, 3.8) is 0 Å². The van der Waals surface area contributed by atoms with Crippen LogP contribution in [0.25, 0.3) is 0 Å². The first-order chi connectivity index (χ1) is 3.66. The Bertz CT molecular complexity index is 95.3. The molecule has 0 fully saturated rings. The lowest BCUT2D eigenvalue weighted by Gasteiger charge is -1.89. The second kappa shape index (κ2) is 4.30. The standard InChI is InChI=1S/CH4F3NOP2/c1-6-8(4)5-7(2)3/h8H,1H3. The number of nitrogens with zero attached hydrogens (tertiary/aromatic N) is 1. The maximum absolute atomic E-state index is 11.6. The predicted octanol–water partition coefficient (Wildman–Crippen LogP) is 3.00. The van der Waals surface area contributed by atoms with E-state index in [4.69, 9.17) is 0 Å². The summed E-state index contributed by atoms with van der Waals surface area (Å²) in [6.45, 7) is 0. The molecule has 0 spiro atoms. The zero-order chi connectivity index (χ0) is 6.57. The van der Waals surface area contributed by atoms with Gasteiger partial charge >= 0.3 is 8.69 Å². The van der Waals surface area contributed by atoms with Crippen molar-refractivity contribution >= 4 is 16.9 Å². The fourth-order valence-corrected chi connectivity index (χ4v) is 0.902. The van der Waals surface area contributed by atoms with E-state index in [0.717, 1.165) is 7.11 Å². The third kappa shape index (κ3) is 4.57. The van der Waals surface area contributed by atoms with Gasteiger partial charge in [0, 0.05) is 7.11 Å². The van der Waals surface area contributed by atoms with Crippen LogP contribution in [0, 0.1) is 0 Å². The molecule has 0 bridgehead atoms. The smallest absolute Gasteiger partial charge is 0.326 e. The van der Waals surface area contributed by atoms with Crippen molar-refractivity contribution in [2.75, 3.05) is 7.11 Å². The fourth-order valence-electron chi connectivity index (χ4n) is 0.100. The van der Waals surface area contributed by atoms with E-state index >= 15 is 0 Å². The van der Waals surface area contributed by atoms with E-state index in [-0.39, 0.29) is 0 Å². The van der Waals surface area contributed by atoms with Crippen LogP contribution in [0.5, 0.6) is 0 Å². The van der Waals surface area contributed by atoms with Gasteiger partial charge in [-0.15, -0.1) is 0 Å². The first kappa shape index (κ1) is 8.41. The highest BCUT2D eigenvalue weighted by molar-refractivity contribution is 7.53. The van der Waals surface area contributed by atoms with Crippen LogP contribution in [0.3, 0.4) is 0 Å².